The Balaban J connectivity index is 0. The molecule has 116 valence electrons. The summed E-state index contributed by atoms with van der Waals surface area (Å²) in [6, 6.07) is 0. The lowest BCUT2D eigenvalue weighted by molar-refractivity contribution is -0.140. The van der Waals surface area contributed by atoms with Crippen molar-refractivity contribution >= 4 is 11.9 Å². The van der Waals surface area contributed by atoms with Gasteiger partial charge < -0.3 is 20.7 Å². The van der Waals surface area contributed by atoms with Crippen LogP contribution in [0.1, 0.15) is 33.6 Å². The van der Waals surface area contributed by atoms with Gasteiger partial charge in [0.25, 0.3) is 0 Å². The summed E-state index contributed by atoms with van der Waals surface area (Å²) >= 11 is 0. The Hall–Kier alpha value is -1.66. The number of carboxylic acid groups (broad SMARTS) is 1. The molecule has 0 aromatic carbocycles. The van der Waals surface area contributed by atoms with Crippen molar-refractivity contribution in [2.45, 2.75) is 33.6 Å². The molecule has 0 aliphatic rings. The van der Waals surface area contributed by atoms with E-state index in [1.165, 1.54) is 0 Å². The lowest BCUT2D eigenvalue weighted by atomic mass is 10.1. The van der Waals surface area contributed by atoms with Crippen molar-refractivity contribution in [3.63, 3.8) is 0 Å². The molecular formula is C14H25NO5. The van der Waals surface area contributed by atoms with Crippen molar-refractivity contribution in [2.75, 3.05) is 19.8 Å². The maximum absolute atomic E-state index is 10.5. The number of aliphatic hydroxyl groups excluding tert-OH is 1. The SMILES string of the molecule is C=C(C)C(=O)OCCO.CCC(C(=O)O)=C(C)CCN. The molecule has 0 aromatic rings. The van der Waals surface area contributed by atoms with Gasteiger partial charge in [-0.05, 0) is 33.2 Å². The van der Waals surface area contributed by atoms with Gasteiger partial charge in [-0.25, -0.2) is 9.59 Å². The van der Waals surface area contributed by atoms with Crippen LogP contribution < -0.4 is 5.73 Å². The van der Waals surface area contributed by atoms with E-state index in [1.807, 2.05) is 13.8 Å². The first-order valence-corrected chi connectivity index (χ1v) is 6.37. The molecule has 0 heterocycles. The van der Waals surface area contributed by atoms with Gasteiger partial charge in [-0.15, -0.1) is 0 Å². The quantitative estimate of drug-likeness (QED) is 0.480. The van der Waals surface area contributed by atoms with Crippen molar-refractivity contribution in [3.8, 4) is 0 Å². The molecule has 0 saturated heterocycles. The predicted molar refractivity (Wildman–Crippen MR) is 77.2 cm³/mol. The number of rotatable bonds is 7. The summed E-state index contributed by atoms with van der Waals surface area (Å²) in [5.74, 6) is -1.28. The van der Waals surface area contributed by atoms with Gasteiger partial charge in [-0.3, -0.25) is 0 Å². The van der Waals surface area contributed by atoms with Crippen LogP contribution in [0.3, 0.4) is 0 Å². The highest BCUT2D eigenvalue weighted by molar-refractivity contribution is 5.87. The summed E-state index contributed by atoms with van der Waals surface area (Å²) < 4.78 is 4.46. The number of ether oxygens (including phenoxy) is 1. The van der Waals surface area contributed by atoms with Crippen molar-refractivity contribution < 1.29 is 24.5 Å². The minimum atomic E-state index is -0.821. The molecule has 6 heteroatoms. The van der Waals surface area contributed by atoms with Gasteiger partial charge in [-0.1, -0.05) is 19.1 Å². The number of esters is 1. The molecule has 0 rings (SSSR count). The largest absolute Gasteiger partial charge is 0.478 e. The number of nitrogens with two attached hydrogens (primary N) is 1. The molecule has 0 spiro atoms. The summed E-state index contributed by atoms with van der Waals surface area (Å²) in [6.07, 6.45) is 1.25. The minimum absolute atomic E-state index is 0.0473. The smallest absolute Gasteiger partial charge is 0.333 e. The Morgan fingerprint density at radius 1 is 1.30 bits per heavy atom. The van der Waals surface area contributed by atoms with Gasteiger partial charge in [0.2, 0.25) is 0 Å². The van der Waals surface area contributed by atoms with Crippen LogP contribution >= 0.6 is 0 Å². The Morgan fingerprint density at radius 2 is 1.85 bits per heavy atom. The predicted octanol–water partition coefficient (Wildman–Crippen LogP) is 1.24. The fourth-order valence-corrected chi connectivity index (χ4v) is 1.26. The Kier molecular flexibility index (Phi) is 12.8. The Bertz CT molecular complexity index is 361. The van der Waals surface area contributed by atoms with Crippen LogP contribution in [0.5, 0.6) is 0 Å². The van der Waals surface area contributed by atoms with Gasteiger partial charge in [0.1, 0.15) is 6.61 Å². The van der Waals surface area contributed by atoms with Crippen LogP contribution in [0.2, 0.25) is 0 Å². The summed E-state index contributed by atoms with van der Waals surface area (Å²) in [6.45, 7) is 8.99. The average Bonchev–Trinajstić information content (AvgIpc) is 2.37. The van der Waals surface area contributed by atoms with Crippen LogP contribution in [0.15, 0.2) is 23.3 Å². The molecule has 0 saturated carbocycles. The fourth-order valence-electron chi connectivity index (χ4n) is 1.26. The van der Waals surface area contributed by atoms with Crippen molar-refractivity contribution in [1.82, 2.24) is 0 Å². The van der Waals surface area contributed by atoms with E-state index in [1.54, 1.807) is 6.92 Å². The first-order valence-electron chi connectivity index (χ1n) is 6.37. The zero-order chi connectivity index (χ0) is 16.1. The van der Waals surface area contributed by atoms with Crippen LogP contribution in [-0.4, -0.2) is 41.9 Å². The van der Waals surface area contributed by atoms with Gasteiger partial charge in [-0.2, -0.15) is 0 Å². The molecule has 20 heavy (non-hydrogen) atoms. The van der Waals surface area contributed by atoms with E-state index in [9.17, 15) is 9.59 Å². The molecule has 0 aliphatic carbocycles. The van der Waals surface area contributed by atoms with E-state index in [4.69, 9.17) is 15.9 Å². The van der Waals surface area contributed by atoms with E-state index >= 15 is 0 Å². The fraction of sp³-hybridized carbons (Fsp3) is 0.571. The summed E-state index contributed by atoms with van der Waals surface area (Å²) in [4.78, 5) is 21.0. The second kappa shape index (κ2) is 12.4. The molecule has 0 aromatic heterocycles. The second-order valence-corrected chi connectivity index (χ2v) is 4.10. The van der Waals surface area contributed by atoms with Crippen molar-refractivity contribution in [3.05, 3.63) is 23.3 Å². The summed E-state index contributed by atoms with van der Waals surface area (Å²) in [5.41, 5.74) is 7.03. The van der Waals surface area contributed by atoms with Crippen molar-refractivity contribution in [2.24, 2.45) is 5.73 Å². The van der Waals surface area contributed by atoms with Crippen LogP contribution in [0, 0.1) is 0 Å². The third kappa shape index (κ3) is 10.3. The van der Waals surface area contributed by atoms with Crippen LogP contribution in [-0.2, 0) is 14.3 Å². The third-order valence-electron chi connectivity index (χ3n) is 2.32. The Labute approximate surface area is 119 Å². The van der Waals surface area contributed by atoms with Gasteiger partial charge in [0, 0.05) is 11.1 Å². The topological polar surface area (TPSA) is 110 Å². The standard InChI is InChI=1S/C8H15NO2.C6H10O3/c1-3-7(8(10)11)6(2)4-5-9;1-5(2)6(8)9-4-3-7/h3-5,9H2,1-2H3,(H,10,11);7H,1,3-4H2,2H3. The van der Waals surface area contributed by atoms with E-state index in [-0.39, 0.29) is 13.2 Å². The molecule has 0 aliphatic heterocycles. The molecule has 4 N–H and O–H groups in total. The monoisotopic (exact) mass is 287 g/mol. The molecule has 0 radical (unpaired) electrons. The van der Waals surface area contributed by atoms with Crippen molar-refractivity contribution in [1.29, 1.82) is 0 Å². The highest BCUT2D eigenvalue weighted by Crippen LogP contribution is 2.10. The zero-order valence-electron chi connectivity index (χ0n) is 12.4. The zero-order valence-corrected chi connectivity index (χ0v) is 12.4. The maximum Gasteiger partial charge on any atom is 0.333 e. The molecule has 0 fully saturated rings. The van der Waals surface area contributed by atoms with Gasteiger partial charge in [0.05, 0.1) is 6.61 Å². The molecule has 0 amide bonds. The normalized spacial score (nSPS) is 10.8. The minimum Gasteiger partial charge on any atom is -0.478 e. The Morgan fingerprint density at radius 3 is 2.15 bits per heavy atom. The third-order valence-corrected chi connectivity index (χ3v) is 2.32. The van der Waals surface area contributed by atoms with E-state index in [2.05, 4.69) is 11.3 Å². The summed E-state index contributed by atoms with van der Waals surface area (Å²) in [7, 11) is 0. The lowest BCUT2D eigenvalue weighted by Crippen LogP contribution is -2.08. The first kappa shape index (κ1) is 20.7. The first-order chi connectivity index (χ1) is 9.31. The molecule has 0 atom stereocenters. The molecule has 6 nitrogen and oxygen atoms in total. The molecular weight excluding hydrogens is 262 g/mol. The lowest BCUT2D eigenvalue weighted by Gasteiger charge is -2.03. The second-order valence-electron chi connectivity index (χ2n) is 4.10. The van der Waals surface area contributed by atoms with E-state index < -0.39 is 11.9 Å². The van der Waals surface area contributed by atoms with Gasteiger partial charge >= 0.3 is 11.9 Å². The number of aliphatic carboxylic acids is 1. The number of hydrogen-bond donors (Lipinski definition) is 3. The number of carboxylic acids is 1. The highest BCUT2D eigenvalue weighted by Gasteiger charge is 2.07. The highest BCUT2D eigenvalue weighted by atomic mass is 16.5. The number of carbonyl (C=O) groups is 2. The molecule has 0 unspecified atom stereocenters. The summed E-state index contributed by atoms with van der Waals surface area (Å²) in [5, 5.41) is 16.9. The number of carbonyl (C=O) groups excluding carboxylic acids is 1. The molecule has 0 bridgehead atoms. The van der Waals surface area contributed by atoms with E-state index in [0.717, 1.165) is 5.57 Å². The number of aliphatic hydroxyl groups is 1. The average molecular weight is 287 g/mol. The van der Waals surface area contributed by atoms with Crippen LogP contribution in [0.4, 0.5) is 0 Å². The van der Waals surface area contributed by atoms with Gasteiger partial charge in [0.15, 0.2) is 0 Å². The van der Waals surface area contributed by atoms with E-state index in [0.29, 0.717) is 30.5 Å². The maximum atomic E-state index is 10.5. The van der Waals surface area contributed by atoms with Crippen LogP contribution in [0.25, 0.3) is 0 Å². The number of hydrogen-bond acceptors (Lipinski definition) is 5.